The van der Waals surface area contributed by atoms with Crippen molar-refractivity contribution >= 4 is 0 Å². The summed E-state index contributed by atoms with van der Waals surface area (Å²) < 4.78 is 5.22. The van der Waals surface area contributed by atoms with Crippen LogP contribution < -0.4 is 5.32 Å². The summed E-state index contributed by atoms with van der Waals surface area (Å²) in [6.07, 6.45) is 8.06. The maximum absolute atomic E-state index is 5.22. The van der Waals surface area contributed by atoms with Crippen molar-refractivity contribution in [2.24, 2.45) is 11.8 Å². The highest BCUT2D eigenvalue weighted by Crippen LogP contribution is 2.31. The fraction of sp³-hybridized carbons (Fsp3) is 1.00. The predicted molar refractivity (Wildman–Crippen MR) is 69.7 cm³/mol. The summed E-state index contributed by atoms with van der Waals surface area (Å²) in [6, 6.07) is 0.687. The molecule has 0 aliphatic heterocycles. The van der Waals surface area contributed by atoms with Crippen molar-refractivity contribution in [1.29, 1.82) is 0 Å². The molecule has 1 fully saturated rings. The summed E-state index contributed by atoms with van der Waals surface area (Å²) >= 11 is 0. The van der Waals surface area contributed by atoms with Crippen LogP contribution in [0, 0.1) is 11.8 Å². The van der Waals surface area contributed by atoms with Crippen molar-refractivity contribution < 1.29 is 4.74 Å². The molecule has 96 valence electrons. The van der Waals surface area contributed by atoms with Gasteiger partial charge in [0.1, 0.15) is 0 Å². The van der Waals surface area contributed by atoms with Gasteiger partial charge in [0, 0.05) is 19.8 Å². The van der Waals surface area contributed by atoms with Crippen LogP contribution in [0.25, 0.3) is 0 Å². The van der Waals surface area contributed by atoms with Crippen LogP contribution in [-0.4, -0.2) is 26.3 Å². The molecule has 1 saturated carbocycles. The Kier molecular flexibility index (Phi) is 7.06. The number of nitrogens with one attached hydrogen (secondary N) is 1. The quantitative estimate of drug-likeness (QED) is 0.721. The van der Waals surface area contributed by atoms with Gasteiger partial charge in [-0.3, -0.25) is 0 Å². The van der Waals surface area contributed by atoms with Gasteiger partial charge in [0.2, 0.25) is 0 Å². The minimum Gasteiger partial charge on any atom is -0.385 e. The van der Waals surface area contributed by atoms with Crippen molar-refractivity contribution in [2.75, 3.05) is 20.3 Å². The lowest BCUT2D eigenvalue weighted by molar-refractivity contribution is 0.152. The Hall–Kier alpha value is -0.0800. The van der Waals surface area contributed by atoms with E-state index in [1.54, 1.807) is 7.11 Å². The molecule has 2 nitrogen and oxygen atoms in total. The topological polar surface area (TPSA) is 21.3 Å². The van der Waals surface area contributed by atoms with Gasteiger partial charge in [-0.05, 0) is 44.1 Å². The maximum Gasteiger partial charge on any atom is 0.0477 e. The van der Waals surface area contributed by atoms with Crippen molar-refractivity contribution in [2.45, 2.75) is 58.4 Å². The summed E-state index contributed by atoms with van der Waals surface area (Å²) in [7, 11) is 1.81. The Morgan fingerprint density at radius 1 is 1.25 bits per heavy atom. The molecular weight excluding hydrogens is 198 g/mol. The zero-order valence-electron chi connectivity index (χ0n) is 11.3. The van der Waals surface area contributed by atoms with E-state index < -0.39 is 0 Å². The van der Waals surface area contributed by atoms with E-state index in [0.29, 0.717) is 6.04 Å². The first-order valence-electron chi connectivity index (χ1n) is 7.00. The highest BCUT2D eigenvalue weighted by molar-refractivity contribution is 4.80. The number of ether oxygens (including phenoxy) is 1. The third kappa shape index (κ3) is 4.84. The molecule has 0 amide bonds. The molecular formula is C14H29NO. The highest BCUT2D eigenvalue weighted by Gasteiger charge is 2.25. The first-order chi connectivity index (χ1) is 7.77. The standard InChI is InChI=1S/C14H29NO/c1-4-10-15-14(9-11-16-3)13-7-5-12(2)6-8-13/h12-15H,4-11H2,1-3H3. The van der Waals surface area contributed by atoms with E-state index >= 15 is 0 Å². The number of hydrogen-bond acceptors (Lipinski definition) is 2. The van der Waals surface area contributed by atoms with Crippen LogP contribution in [0.1, 0.15) is 52.4 Å². The zero-order valence-corrected chi connectivity index (χ0v) is 11.3. The predicted octanol–water partition coefficient (Wildman–Crippen LogP) is 3.22. The normalized spacial score (nSPS) is 27.9. The van der Waals surface area contributed by atoms with E-state index in [9.17, 15) is 0 Å². The second kappa shape index (κ2) is 8.08. The Bertz CT molecular complexity index is 156. The van der Waals surface area contributed by atoms with Gasteiger partial charge in [-0.25, -0.2) is 0 Å². The number of hydrogen-bond donors (Lipinski definition) is 1. The van der Waals surface area contributed by atoms with Gasteiger partial charge < -0.3 is 10.1 Å². The molecule has 0 spiro atoms. The minimum atomic E-state index is 0.687. The molecule has 0 aromatic carbocycles. The van der Waals surface area contributed by atoms with E-state index in [4.69, 9.17) is 4.74 Å². The lowest BCUT2D eigenvalue weighted by atomic mass is 9.78. The Balaban J connectivity index is 2.34. The van der Waals surface area contributed by atoms with Crippen LogP contribution in [0.2, 0.25) is 0 Å². The molecule has 0 saturated heterocycles. The molecule has 1 unspecified atom stereocenters. The van der Waals surface area contributed by atoms with Gasteiger partial charge in [0.25, 0.3) is 0 Å². The van der Waals surface area contributed by atoms with Crippen molar-refractivity contribution in [3.63, 3.8) is 0 Å². The van der Waals surface area contributed by atoms with Crippen LogP contribution in [-0.2, 0) is 4.74 Å². The van der Waals surface area contributed by atoms with Gasteiger partial charge in [-0.1, -0.05) is 26.7 Å². The molecule has 1 N–H and O–H groups in total. The lowest BCUT2D eigenvalue weighted by Crippen LogP contribution is -2.39. The molecule has 1 rings (SSSR count). The lowest BCUT2D eigenvalue weighted by Gasteiger charge is -2.33. The maximum atomic E-state index is 5.22. The van der Waals surface area contributed by atoms with Gasteiger partial charge >= 0.3 is 0 Å². The first kappa shape index (κ1) is 14.0. The van der Waals surface area contributed by atoms with Crippen molar-refractivity contribution in [3.05, 3.63) is 0 Å². The average molecular weight is 227 g/mol. The zero-order chi connectivity index (χ0) is 11.8. The molecule has 0 aromatic heterocycles. The molecule has 1 atom stereocenters. The van der Waals surface area contributed by atoms with E-state index in [2.05, 4.69) is 19.2 Å². The molecule has 0 aromatic rings. The van der Waals surface area contributed by atoms with Gasteiger partial charge in [-0.2, -0.15) is 0 Å². The highest BCUT2D eigenvalue weighted by atomic mass is 16.5. The van der Waals surface area contributed by atoms with E-state index in [0.717, 1.165) is 25.0 Å². The monoisotopic (exact) mass is 227 g/mol. The molecule has 0 bridgehead atoms. The average Bonchev–Trinajstić information content (AvgIpc) is 2.31. The second-order valence-electron chi connectivity index (χ2n) is 5.36. The Morgan fingerprint density at radius 3 is 2.50 bits per heavy atom. The van der Waals surface area contributed by atoms with Crippen LogP contribution in [0.4, 0.5) is 0 Å². The van der Waals surface area contributed by atoms with E-state index in [1.165, 1.54) is 38.5 Å². The van der Waals surface area contributed by atoms with E-state index in [1.807, 2.05) is 0 Å². The summed E-state index contributed by atoms with van der Waals surface area (Å²) in [5.74, 6) is 1.84. The molecule has 1 aliphatic rings. The Labute approximate surface area is 101 Å². The minimum absolute atomic E-state index is 0.687. The third-order valence-corrected chi connectivity index (χ3v) is 3.92. The Morgan fingerprint density at radius 2 is 1.94 bits per heavy atom. The number of methoxy groups -OCH3 is 1. The summed E-state index contributed by atoms with van der Waals surface area (Å²) in [5.41, 5.74) is 0. The molecule has 0 heterocycles. The second-order valence-corrected chi connectivity index (χ2v) is 5.36. The molecule has 2 heteroatoms. The van der Waals surface area contributed by atoms with Crippen molar-refractivity contribution in [3.8, 4) is 0 Å². The van der Waals surface area contributed by atoms with Crippen LogP contribution >= 0.6 is 0 Å². The largest absolute Gasteiger partial charge is 0.385 e. The van der Waals surface area contributed by atoms with Crippen molar-refractivity contribution in [1.82, 2.24) is 5.32 Å². The van der Waals surface area contributed by atoms with Crippen LogP contribution in [0.3, 0.4) is 0 Å². The SMILES string of the molecule is CCCNC(CCOC)C1CCC(C)CC1. The first-order valence-corrected chi connectivity index (χ1v) is 7.00. The smallest absolute Gasteiger partial charge is 0.0477 e. The van der Waals surface area contributed by atoms with Gasteiger partial charge in [0.15, 0.2) is 0 Å². The molecule has 1 aliphatic carbocycles. The number of rotatable bonds is 7. The third-order valence-electron chi connectivity index (χ3n) is 3.92. The van der Waals surface area contributed by atoms with E-state index in [-0.39, 0.29) is 0 Å². The van der Waals surface area contributed by atoms with Crippen LogP contribution in [0.15, 0.2) is 0 Å². The fourth-order valence-corrected chi connectivity index (χ4v) is 2.77. The van der Waals surface area contributed by atoms with Gasteiger partial charge in [0.05, 0.1) is 0 Å². The fourth-order valence-electron chi connectivity index (χ4n) is 2.77. The molecule has 16 heavy (non-hydrogen) atoms. The molecule has 0 radical (unpaired) electrons. The summed E-state index contributed by atoms with van der Waals surface area (Å²) in [5, 5.41) is 3.71. The summed E-state index contributed by atoms with van der Waals surface area (Å²) in [6.45, 7) is 6.68. The summed E-state index contributed by atoms with van der Waals surface area (Å²) in [4.78, 5) is 0. The van der Waals surface area contributed by atoms with Gasteiger partial charge in [-0.15, -0.1) is 0 Å². The van der Waals surface area contributed by atoms with Crippen LogP contribution in [0.5, 0.6) is 0 Å².